The van der Waals surface area contributed by atoms with Crippen molar-refractivity contribution in [2.24, 2.45) is 28.6 Å². The molecule has 4 aliphatic heterocycles. The van der Waals surface area contributed by atoms with Crippen molar-refractivity contribution in [2.75, 3.05) is 77.8 Å². The second kappa shape index (κ2) is 20.0. The number of nitrogens with zero attached hydrogens (tertiary/aromatic N) is 6. The Kier molecular flexibility index (Phi) is 13.8. The zero-order valence-electron chi connectivity index (χ0n) is 43.2. The number of cyclic esters (lactones) is 1. The number of ether oxygens (including phenoxy) is 5. The van der Waals surface area contributed by atoms with E-state index in [0.717, 1.165) is 109 Å². The summed E-state index contributed by atoms with van der Waals surface area (Å²) in [4.78, 5) is 58.5. The fourth-order valence-electron chi connectivity index (χ4n) is 12.2. The maximum Gasteiger partial charge on any atom is 0.324 e. The normalized spacial score (nSPS) is 28.0. The molecule has 11 rings (SSSR count). The zero-order chi connectivity index (χ0) is 50.1. The molecule has 388 valence electrons. The highest BCUT2D eigenvalue weighted by molar-refractivity contribution is 7.10. The van der Waals surface area contributed by atoms with Gasteiger partial charge < -0.3 is 38.5 Å². The van der Waals surface area contributed by atoms with Crippen molar-refractivity contribution >= 4 is 45.7 Å². The topological polar surface area (TPSA) is 162 Å². The van der Waals surface area contributed by atoms with Gasteiger partial charge in [-0.25, -0.2) is 10.4 Å². The van der Waals surface area contributed by atoms with Gasteiger partial charge >= 0.3 is 5.97 Å². The Morgan fingerprint density at radius 2 is 1.79 bits per heavy atom. The van der Waals surface area contributed by atoms with E-state index >= 15 is 0 Å². The van der Waals surface area contributed by atoms with Crippen LogP contribution in [0, 0.1) is 28.6 Å². The number of benzene rings is 1. The van der Waals surface area contributed by atoms with Crippen LogP contribution in [0.3, 0.4) is 0 Å². The lowest BCUT2D eigenvalue weighted by molar-refractivity contribution is -0.209. The third-order valence-electron chi connectivity index (χ3n) is 17.0. The number of carbonyl (C=O) groups excluding carboxylic acids is 3. The Morgan fingerprint density at radius 1 is 1.01 bits per heavy atom. The number of amides is 2. The minimum atomic E-state index is -1.09. The van der Waals surface area contributed by atoms with Crippen LogP contribution in [0.15, 0.2) is 35.8 Å². The predicted molar refractivity (Wildman–Crippen MR) is 275 cm³/mol. The van der Waals surface area contributed by atoms with Gasteiger partial charge in [0, 0.05) is 103 Å². The average molecular weight is 1010 g/mol. The number of thiazole rings is 1. The number of hydrazine groups is 1. The van der Waals surface area contributed by atoms with Crippen LogP contribution >= 0.6 is 11.3 Å². The third kappa shape index (κ3) is 9.72. The summed E-state index contributed by atoms with van der Waals surface area (Å²) in [6, 6.07) is 7.79. The summed E-state index contributed by atoms with van der Waals surface area (Å²) < 4.78 is 33.5. The smallest absolute Gasteiger partial charge is 0.324 e. The maximum absolute atomic E-state index is 14.8. The fraction of sp³-hybridized carbons (Fsp3) is 0.655. The third-order valence-corrected chi connectivity index (χ3v) is 17.9. The lowest BCUT2D eigenvalue weighted by Crippen LogP contribution is -2.61. The van der Waals surface area contributed by atoms with Crippen LogP contribution in [0.2, 0.25) is 0 Å². The molecule has 6 fully saturated rings. The molecule has 17 heteroatoms. The summed E-state index contributed by atoms with van der Waals surface area (Å²) in [7, 11) is 1.74. The Labute approximate surface area is 427 Å². The zero-order valence-corrected chi connectivity index (χ0v) is 44.1. The van der Waals surface area contributed by atoms with E-state index in [-0.39, 0.29) is 60.4 Å². The van der Waals surface area contributed by atoms with E-state index in [4.69, 9.17) is 33.7 Å². The minimum absolute atomic E-state index is 0.142. The minimum Gasteiger partial charge on any atom is -0.464 e. The van der Waals surface area contributed by atoms with Crippen molar-refractivity contribution < 1.29 is 38.1 Å². The van der Waals surface area contributed by atoms with Gasteiger partial charge in [-0.1, -0.05) is 33.8 Å². The highest BCUT2D eigenvalue weighted by Crippen LogP contribution is 2.49. The van der Waals surface area contributed by atoms with E-state index in [1.54, 1.807) is 7.11 Å². The molecule has 1 aromatic carbocycles. The fourth-order valence-corrected chi connectivity index (χ4v) is 13.1. The number of fused-ring (bicyclic) bond motifs is 6. The molecule has 7 atom stereocenters. The second-order valence-corrected chi connectivity index (χ2v) is 23.7. The van der Waals surface area contributed by atoms with Crippen LogP contribution in [0.1, 0.15) is 109 Å². The molecular weight excluding hydrogens is 933 g/mol. The number of piperazine rings is 1. The molecule has 3 aliphatic carbocycles. The molecule has 2 N–H and O–H groups in total. The molecule has 72 heavy (non-hydrogen) atoms. The molecule has 1 spiro atoms. The van der Waals surface area contributed by atoms with Crippen LogP contribution in [0.4, 0.5) is 5.69 Å². The molecule has 7 heterocycles. The van der Waals surface area contributed by atoms with Crippen LogP contribution in [-0.4, -0.2) is 139 Å². The molecule has 2 amide bonds. The van der Waals surface area contributed by atoms with Gasteiger partial charge in [0.2, 0.25) is 5.91 Å². The molecule has 1 unspecified atom stereocenters. The van der Waals surface area contributed by atoms with Crippen LogP contribution in [-0.2, 0) is 51.0 Å². The van der Waals surface area contributed by atoms with Crippen molar-refractivity contribution in [2.45, 2.75) is 129 Å². The van der Waals surface area contributed by atoms with E-state index in [2.05, 4.69) is 84.0 Å². The first-order valence-corrected chi connectivity index (χ1v) is 27.6. The highest BCUT2D eigenvalue weighted by atomic mass is 32.1. The van der Waals surface area contributed by atoms with Crippen molar-refractivity contribution in [3.63, 3.8) is 0 Å². The van der Waals surface area contributed by atoms with E-state index in [1.165, 1.54) is 29.2 Å². The summed E-state index contributed by atoms with van der Waals surface area (Å²) in [6.45, 7) is 19.9. The van der Waals surface area contributed by atoms with E-state index in [9.17, 15) is 14.4 Å². The average Bonchev–Trinajstić information content (AvgIpc) is 4.22. The maximum atomic E-state index is 14.8. The Hall–Kier alpha value is -4.49. The number of hydrogen-bond donors (Lipinski definition) is 2. The number of aromatic nitrogens is 3. The second-order valence-electron chi connectivity index (χ2n) is 22.8. The number of hydrogen-bond acceptors (Lipinski definition) is 14. The Bertz CT molecular complexity index is 2660. The summed E-state index contributed by atoms with van der Waals surface area (Å²) in [6.07, 6.45) is 7.33. The van der Waals surface area contributed by atoms with Gasteiger partial charge in [-0.05, 0) is 94.4 Å². The van der Waals surface area contributed by atoms with Crippen molar-refractivity contribution in [3.8, 4) is 22.5 Å². The van der Waals surface area contributed by atoms with Gasteiger partial charge in [-0.15, -0.1) is 11.3 Å². The predicted octanol–water partition coefficient (Wildman–Crippen LogP) is 7.10. The number of nitrogens with one attached hydrogen (secondary N) is 2. The molecule has 3 aromatic heterocycles. The molecule has 4 aromatic rings. The monoisotopic (exact) mass is 1010 g/mol. The van der Waals surface area contributed by atoms with E-state index in [0.29, 0.717) is 44.0 Å². The van der Waals surface area contributed by atoms with Crippen molar-refractivity contribution in [1.29, 1.82) is 0 Å². The van der Waals surface area contributed by atoms with Gasteiger partial charge in [-0.3, -0.25) is 29.3 Å². The Morgan fingerprint density at radius 3 is 2.49 bits per heavy atom. The summed E-state index contributed by atoms with van der Waals surface area (Å²) in [5.74, 6) is -0.769. The van der Waals surface area contributed by atoms with Crippen LogP contribution in [0.25, 0.3) is 33.4 Å². The van der Waals surface area contributed by atoms with E-state index < -0.39 is 29.6 Å². The number of esters is 1. The molecule has 3 saturated carbocycles. The first kappa shape index (κ1) is 49.7. The summed E-state index contributed by atoms with van der Waals surface area (Å²) in [5, 5.41) is 8.27. The molecule has 16 nitrogen and oxygen atoms in total. The van der Waals surface area contributed by atoms with Crippen molar-refractivity contribution in [3.05, 3.63) is 52.1 Å². The van der Waals surface area contributed by atoms with Gasteiger partial charge in [0.1, 0.15) is 23.2 Å². The Balaban J connectivity index is 1.04. The van der Waals surface area contributed by atoms with Gasteiger partial charge in [0.25, 0.3) is 5.91 Å². The quantitative estimate of drug-likeness (QED) is 0.131. The van der Waals surface area contributed by atoms with Gasteiger partial charge in [0.05, 0.1) is 67.6 Å². The van der Waals surface area contributed by atoms with Crippen molar-refractivity contribution in [1.82, 2.24) is 35.2 Å². The molecule has 6 bridgehead atoms. The SMILES string of the molecule is CCO[C@@H]1c2nc(cs2)-c2ccc3c(c2)c(c(-c2cc(N4CCN(C5CC5)CC4)cnc2[C@H](C)OC)n3CCOC2CC3(COC3)C2)CC(C)(C)COC(=O)[C@@H]2CCCN(N2)C(=O)[C@H]1NC(=O)C1[C@@H](C)[C@H]1C. The first-order chi connectivity index (χ1) is 34.7. The molecule has 7 aliphatic rings. The summed E-state index contributed by atoms with van der Waals surface area (Å²) in [5.41, 5.74) is 10.8. The number of methoxy groups -OCH3 is 1. The van der Waals surface area contributed by atoms with Crippen LogP contribution in [0.5, 0.6) is 0 Å². The lowest BCUT2D eigenvalue weighted by Gasteiger charge is -2.52. The number of rotatable bonds is 13. The lowest BCUT2D eigenvalue weighted by atomic mass is 9.65. The highest BCUT2D eigenvalue weighted by Gasteiger charge is 2.51. The number of pyridine rings is 1. The standard InChI is InChI=1S/C55H74N8O8S/c1-8-69-49-47(58-50(64)45-32(2)33(45)3)52(65)63-15-9-10-42(59-63)53(66)71-29-54(5,6)26-41-39-22-35(43-28-72-51(49)57-43)11-14-44(39)62(20-21-70-38-24-55(25-38)30-68-31-55)48(41)40-23-37(27-56-46(40)34(4)67-7)61-18-16-60(17-19-61)36-12-13-36/h11,14,22-23,27-28,32-34,36,38,42,45,47,49,59H,8-10,12-13,15-21,24-26,29-31H2,1-7H3,(H,58,64)/t32-,33+,34-,42-,45?,47-,49-/m0/s1. The molecule has 0 radical (unpaired) electrons. The summed E-state index contributed by atoms with van der Waals surface area (Å²) >= 11 is 1.42. The first-order valence-electron chi connectivity index (χ1n) is 26.7. The van der Waals surface area contributed by atoms with E-state index in [1.807, 2.05) is 18.5 Å². The number of anilines is 1. The van der Waals surface area contributed by atoms with Gasteiger partial charge in [-0.2, -0.15) is 0 Å². The number of carbonyl (C=O) groups is 3. The molecule has 3 saturated heterocycles. The largest absolute Gasteiger partial charge is 0.464 e. The van der Waals surface area contributed by atoms with Gasteiger partial charge in [0.15, 0.2) is 0 Å². The van der Waals surface area contributed by atoms with Crippen LogP contribution < -0.4 is 15.6 Å². The molecular formula is C55H74N8O8S.